The van der Waals surface area contributed by atoms with Gasteiger partial charge in [-0.2, -0.15) is 0 Å². The number of likely N-dealkylation sites (N-methyl/N-ethyl adjacent to an activating group) is 1. The SMILES string of the molecule is CCN(C(=O)CN1CCN[C@@H](C)C1)C1CCS(=O)(=O)C1. The zero-order valence-electron chi connectivity index (χ0n) is 12.3. The first kappa shape index (κ1) is 15.7. The van der Waals surface area contributed by atoms with Crippen molar-refractivity contribution in [3.05, 3.63) is 0 Å². The van der Waals surface area contributed by atoms with Gasteiger partial charge in [-0.3, -0.25) is 9.69 Å². The number of amides is 1. The lowest BCUT2D eigenvalue weighted by Gasteiger charge is -2.34. The van der Waals surface area contributed by atoms with Crippen molar-refractivity contribution in [3.8, 4) is 0 Å². The summed E-state index contributed by atoms with van der Waals surface area (Å²) in [6.45, 7) is 7.65. The van der Waals surface area contributed by atoms with E-state index < -0.39 is 9.84 Å². The van der Waals surface area contributed by atoms with E-state index in [0.29, 0.717) is 25.6 Å². The maximum atomic E-state index is 12.4. The molecule has 0 aromatic heterocycles. The molecule has 0 bridgehead atoms. The molecular formula is C13H25N3O3S. The van der Waals surface area contributed by atoms with Crippen LogP contribution < -0.4 is 5.32 Å². The van der Waals surface area contributed by atoms with Crippen LogP contribution in [0.15, 0.2) is 0 Å². The van der Waals surface area contributed by atoms with Gasteiger partial charge in [-0.05, 0) is 20.3 Å². The Balaban J connectivity index is 1.92. The van der Waals surface area contributed by atoms with Crippen molar-refractivity contribution in [2.24, 2.45) is 0 Å². The number of nitrogens with zero attached hydrogens (tertiary/aromatic N) is 2. The molecule has 0 aromatic carbocycles. The van der Waals surface area contributed by atoms with Crippen molar-refractivity contribution in [1.29, 1.82) is 0 Å². The Kier molecular flexibility index (Phi) is 5.04. The minimum Gasteiger partial charge on any atom is -0.338 e. The van der Waals surface area contributed by atoms with Gasteiger partial charge in [0.25, 0.3) is 0 Å². The number of carbonyl (C=O) groups is 1. The molecule has 0 spiro atoms. The summed E-state index contributed by atoms with van der Waals surface area (Å²) in [5, 5.41) is 3.35. The predicted octanol–water partition coefficient (Wildman–Crippen LogP) is -0.684. The van der Waals surface area contributed by atoms with Gasteiger partial charge in [0.2, 0.25) is 5.91 Å². The number of nitrogens with one attached hydrogen (secondary N) is 1. The molecule has 116 valence electrons. The van der Waals surface area contributed by atoms with Crippen LogP contribution in [0.25, 0.3) is 0 Å². The first-order chi connectivity index (χ1) is 9.41. The molecule has 7 heteroatoms. The zero-order valence-corrected chi connectivity index (χ0v) is 13.2. The molecule has 20 heavy (non-hydrogen) atoms. The fourth-order valence-electron chi connectivity index (χ4n) is 3.10. The highest BCUT2D eigenvalue weighted by Crippen LogP contribution is 2.18. The van der Waals surface area contributed by atoms with E-state index in [1.807, 2.05) is 6.92 Å². The summed E-state index contributed by atoms with van der Waals surface area (Å²) in [7, 11) is -2.94. The summed E-state index contributed by atoms with van der Waals surface area (Å²) in [6, 6.07) is 0.274. The van der Waals surface area contributed by atoms with Crippen molar-refractivity contribution < 1.29 is 13.2 Å². The highest BCUT2D eigenvalue weighted by molar-refractivity contribution is 7.91. The third-order valence-electron chi connectivity index (χ3n) is 4.12. The first-order valence-corrected chi connectivity index (χ1v) is 9.19. The molecule has 1 unspecified atom stereocenters. The second-order valence-electron chi connectivity index (χ2n) is 5.83. The lowest BCUT2D eigenvalue weighted by Crippen LogP contribution is -2.53. The Labute approximate surface area is 121 Å². The van der Waals surface area contributed by atoms with E-state index in [0.717, 1.165) is 19.6 Å². The lowest BCUT2D eigenvalue weighted by molar-refractivity contribution is -0.134. The van der Waals surface area contributed by atoms with E-state index in [2.05, 4.69) is 17.1 Å². The summed E-state index contributed by atoms with van der Waals surface area (Å²) in [5.74, 6) is 0.403. The largest absolute Gasteiger partial charge is 0.338 e. The van der Waals surface area contributed by atoms with Crippen LogP contribution >= 0.6 is 0 Å². The summed E-state index contributed by atoms with van der Waals surface area (Å²) in [5.41, 5.74) is 0. The summed E-state index contributed by atoms with van der Waals surface area (Å²) >= 11 is 0. The molecule has 0 aliphatic carbocycles. The Morgan fingerprint density at radius 2 is 2.20 bits per heavy atom. The van der Waals surface area contributed by atoms with Crippen LogP contribution in [-0.4, -0.2) is 80.4 Å². The number of hydrogen-bond donors (Lipinski definition) is 1. The molecule has 1 N–H and O–H groups in total. The van der Waals surface area contributed by atoms with Crippen LogP contribution in [0.1, 0.15) is 20.3 Å². The van der Waals surface area contributed by atoms with Gasteiger partial charge in [-0.1, -0.05) is 0 Å². The predicted molar refractivity (Wildman–Crippen MR) is 78.4 cm³/mol. The van der Waals surface area contributed by atoms with Crippen LogP contribution in [0, 0.1) is 0 Å². The van der Waals surface area contributed by atoms with E-state index in [1.165, 1.54) is 0 Å². The fraction of sp³-hybridized carbons (Fsp3) is 0.923. The second kappa shape index (κ2) is 6.41. The standard InChI is InChI=1S/C13H25N3O3S/c1-3-16(12-4-7-20(18,19)10-12)13(17)9-15-6-5-14-11(2)8-15/h11-12,14H,3-10H2,1-2H3/t11-,12?/m0/s1. The lowest BCUT2D eigenvalue weighted by atomic mass is 10.2. The monoisotopic (exact) mass is 303 g/mol. The molecule has 6 nitrogen and oxygen atoms in total. The summed E-state index contributed by atoms with van der Waals surface area (Å²) in [4.78, 5) is 16.3. The number of rotatable bonds is 4. The van der Waals surface area contributed by atoms with E-state index in [-0.39, 0.29) is 23.5 Å². The van der Waals surface area contributed by atoms with Gasteiger partial charge in [0.15, 0.2) is 9.84 Å². The smallest absolute Gasteiger partial charge is 0.237 e. The van der Waals surface area contributed by atoms with Gasteiger partial charge in [0.1, 0.15) is 0 Å². The quantitative estimate of drug-likeness (QED) is 0.745. The molecule has 2 saturated heterocycles. The average molecular weight is 303 g/mol. The molecule has 2 heterocycles. The van der Waals surface area contributed by atoms with Crippen molar-refractivity contribution in [3.63, 3.8) is 0 Å². The van der Waals surface area contributed by atoms with E-state index in [4.69, 9.17) is 0 Å². The van der Waals surface area contributed by atoms with E-state index in [9.17, 15) is 13.2 Å². The maximum absolute atomic E-state index is 12.4. The molecule has 1 amide bonds. The van der Waals surface area contributed by atoms with Crippen LogP contribution in [0.3, 0.4) is 0 Å². The summed E-state index contributed by atoms with van der Waals surface area (Å²) < 4.78 is 23.1. The fourth-order valence-corrected chi connectivity index (χ4v) is 4.83. The molecule has 2 aliphatic rings. The highest BCUT2D eigenvalue weighted by atomic mass is 32.2. The van der Waals surface area contributed by atoms with Crippen molar-refractivity contribution in [2.45, 2.75) is 32.4 Å². The van der Waals surface area contributed by atoms with Crippen LogP contribution in [-0.2, 0) is 14.6 Å². The summed E-state index contributed by atoms with van der Waals surface area (Å²) in [6.07, 6.45) is 0.583. The topological polar surface area (TPSA) is 69.7 Å². The van der Waals surface area contributed by atoms with Crippen molar-refractivity contribution in [1.82, 2.24) is 15.1 Å². The van der Waals surface area contributed by atoms with Gasteiger partial charge < -0.3 is 10.2 Å². The second-order valence-corrected chi connectivity index (χ2v) is 8.06. The first-order valence-electron chi connectivity index (χ1n) is 7.37. The van der Waals surface area contributed by atoms with Gasteiger partial charge in [-0.15, -0.1) is 0 Å². The molecule has 2 fully saturated rings. The Morgan fingerprint density at radius 3 is 2.75 bits per heavy atom. The molecule has 0 aromatic rings. The molecule has 0 radical (unpaired) electrons. The zero-order chi connectivity index (χ0) is 14.8. The third kappa shape index (κ3) is 3.93. The van der Waals surface area contributed by atoms with Crippen molar-refractivity contribution in [2.75, 3.05) is 44.2 Å². The molecular weight excluding hydrogens is 278 g/mol. The van der Waals surface area contributed by atoms with E-state index >= 15 is 0 Å². The Morgan fingerprint density at radius 1 is 1.45 bits per heavy atom. The van der Waals surface area contributed by atoms with Gasteiger partial charge in [-0.25, -0.2) is 8.42 Å². The minimum absolute atomic E-state index is 0.0590. The Bertz CT molecular complexity index is 452. The normalized spacial score (nSPS) is 30.3. The highest BCUT2D eigenvalue weighted by Gasteiger charge is 2.34. The molecule has 2 atom stereocenters. The number of carbonyl (C=O) groups excluding carboxylic acids is 1. The minimum atomic E-state index is -2.94. The molecule has 2 rings (SSSR count). The third-order valence-corrected chi connectivity index (χ3v) is 5.87. The number of sulfone groups is 1. The van der Waals surface area contributed by atoms with Gasteiger partial charge >= 0.3 is 0 Å². The van der Waals surface area contributed by atoms with E-state index in [1.54, 1.807) is 4.90 Å². The number of piperazine rings is 1. The van der Waals surface area contributed by atoms with Crippen LogP contribution in [0.2, 0.25) is 0 Å². The van der Waals surface area contributed by atoms with Crippen LogP contribution in [0.5, 0.6) is 0 Å². The average Bonchev–Trinajstić information content (AvgIpc) is 2.70. The molecule has 0 saturated carbocycles. The maximum Gasteiger partial charge on any atom is 0.237 e. The van der Waals surface area contributed by atoms with Crippen LogP contribution in [0.4, 0.5) is 0 Å². The van der Waals surface area contributed by atoms with Gasteiger partial charge in [0, 0.05) is 38.3 Å². The number of hydrogen-bond acceptors (Lipinski definition) is 5. The van der Waals surface area contributed by atoms with Gasteiger partial charge in [0.05, 0.1) is 18.1 Å². The Hall–Kier alpha value is -0.660. The van der Waals surface area contributed by atoms with Crippen molar-refractivity contribution >= 4 is 15.7 Å². The molecule has 2 aliphatic heterocycles.